The number of piperazine rings is 1. The van der Waals surface area contributed by atoms with E-state index < -0.39 is 0 Å². The van der Waals surface area contributed by atoms with Crippen molar-refractivity contribution in [1.29, 1.82) is 0 Å². The molecule has 2 aromatic rings. The van der Waals surface area contributed by atoms with Gasteiger partial charge in [-0.05, 0) is 19.1 Å². The van der Waals surface area contributed by atoms with Crippen LogP contribution in [0.1, 0.15) is 16.8 Å². The maximum Gasteiger partial charge on any atom is 0.248 e. The summed E-state index contributed by atoms with van der Waals surface area (Å²) >= 11 is 0. The van der Waals surface area contributed by atoms with Crippen LogP contribution in [0.5, 0.6) is 0 Å². The lowest BCUT2D eigenvalue weighted by atomic mass is 10.1. The van der Waals surface area contributed by atoms with Crippen LogP contribution in [0.3, 0.4) is 0 Å². The van der Waals surface area contributed by atoms with E-state index in [4.69, 9.17) is 14.7 Å². The summed E-state index contributed by atoms with van der Waals surface area (Å²) in [6.45, 7) is 7.09. The number of ether oxygens (including phenoxy) is 1. The Bertz CT molecular complexity index is 922. The molecule has 1 amide bonds. The minimum atomic E-state index is 0.00848. The number of fused-ring (bicyclic) bond motifs is 1. The Morgan fingerprint density at radius 1 is 1.03 bits per heavy atom. The molecule has 1 aromatic carbocycles. The smallest absolute Gasteiger partial charge is 0.248 e. The highest BCUT2D eigenvalue weighted by atomic mass is 16.5. The summed E-state index contributed by atoms with van der Waals surface area (Å²) in [6, 6.07) is 8.72. The van der Waals surface area contributed by atoms with Crippen molar-refractivity contribution in [1.82, 2.24) is 14.9 Å². The number of carbonyl (C=O) groups excluding carboxylic acids is 1. The lowest BCUT2D eigenvalue weighted by Gasteiger charge is -2.37. The standard InChI is InChI=1S/C23H32N6O2/c1-17-5-7-18(8-6-17)27-11-13-28(14-12-27)23-24-20-9-10-29(21(30)16-31-4)15-19(20)22(25-23)26(2)3/h5-8H,9-16H2,1-4H3. The SMILES string of the molecule is COCC(=O)N1CCc2nc(N3CCN(c4ccc(C)cc4)CC3)nc(N(C)C)c2C1. The van der Waals surface area contributed by atoms with Crippen molar-refractivity contribution in [3.8, 4) is 0 Å². The summed E-state index contributed by atoms with van der Waals surface area (Å²) in [4.78, 5) is 30.7. The number of benzene rings is 1. The van der Waals surface area contributed by atoms with Crippen LogP contribution in [-0.2, 0) is 22.5 Å². The topological polar surface area (TPSA) is 65.0 Å². The third-order valence-corrected chi connectivity index (χ3v) is 6.03. The van der Waals surface area contributed by atoms with Crippen LogP contribution >= 0.6 is 0 Å². The zero-order valence-corrected chi connectivity index (χ0v) is 19.0. The van der Waals surface area contributed by atoms with Crippen LogP contribution < -0.4 is 14.7 Å². The van der Waals surface area contributed by atoms with E-state index >= 15 is 0 Å². The zero-order valence-electron chi connectivity index (χ0n) is 19.0. The number of rotatable bonds is 5. The summed E-state index contributed by atoms with van der Waals surface area (Å²) in [5.74, 6) is 1.70. The van der Waals surface area contributed by atoms with Crippen LogP contribution in [0, 0.1) is 6.92 Å². The molecule has 0 atom stereocenters. The number of methoxy groups -OCH3 is 1. The zero-order chi connectivity index (χ0) is 22.0. The van der Waals surface area contributed by atoms with Gasteiger partial charge in [0, 0.05) is 71.6 Å². The molecule has 1 aromatic heterocycles. The predicted octanol–water partition coefficient (Wildman–Crippen LogP) is 1.71. The molecule has 0 spiro atoms. The molecule has 0 aliphatic carbocycles. The second-order valence-corrected chi connectivity index (χ2v) is 8.47. The van der Waals surface area contributed by atoms with E-state index in [1.165, 1.54) is 11.3 Å². The van der Waals surface area contributed by atoms with Gasteiger partial charge in [0.25, 0.3) is 0 Å². The lowest BCUT2D eigenvalue weighted by molar-refractivity contribution is -0.136. The second kappa shape index (κ2) is 9.09. The molecule has 8 nitrogen and oxygen atoms in total. The Hall–Kier alpha value is -2.87. The molecule has 0 bridgehead atoms. The summed E-state index contributed by atoms with van der Waals surface area (Å²) in [6.07, 6.45) is 0.741. The summed E-state index contributed by atoms with van der Waals surface area (Å²) < 4.78 is 5.02. The van der Waals surface area contributed by atoms with Crippen molar-refractivity contribution >= 4 is 23.4 Å². The molecule has 3 heterocycles. The van der Waals surface area contributed by atoms with Gasteiger partial charge in [0.15, 0.2) is 0 Å². The molecule has 8 heteroatoms. The molecule has 0 saturated carbocycles. The van der Waals surface area contributed by atoms with E-state index in [0.717, 1.165) is 55.6 Å². The molecular formula is C23H32N6O2. The number of aryl methyl sites for hydroxylation is 1. The first-order chi connectivity index (χ1) is 15.0. The third kappa shape index (κ3) is 4.58. The first-order valence-electron chi connectivity index (χ1n) is 10.9. The fourth-order valence-electron chi connectivity index (χ4n) is 4.24. The van der Waals surface area contributed by atoms with E-state index in [2.05, 4.69) is 41.0 Å². The number of hydrogen-bond donors (Lipinski definition) is 0. The summed E-state index contributed by atoms with van der Waals surface area (Å²) in [5.41, 5.74) is 4.65. The average Bonchev–Trinajstić information content (AvgIpc) is 2.78. The molecule has 0 radical (unpaired) electrons. The van der Waals surface area contributed by atoms with Gasteiger partial charge in [-0.3, -0.25) is 4.79 Å². The van der Waals surface area contributed by atoms with Gasteiger partial charge in [0.2, 0.25) is 11.9 Å². The van der Waals surface area contributed by atoms with Crippen LogP contribution in [0.4, 0.5) is 17.5 Å². The van der Waals surface area contributed by atoms with Gasteiger partial charge in [-0.15, -0.1) is 0 Å². The second-order valence-electron chi connectivity index (χ2n) is 8.47. The molecule has 4 rings (SSSR count). The van der Waals surface area contributed by atoms with Crippen molar-refractivity contribution in [2.75, 3.05) is 75.2 Å². The van der Waals surface area contributed by atoms with Gasteiger partial charge in [-0.1, -0.05) is 17.7 Å². The highest BCUT2D eigenvalue weighted by Gasteiger charge is 2.28. The molecule has 0 unspecified atom stereocenters. The van der Waals surface area contributed by atoms with Crippen molar-refractivity contribution < 1.29 is 9.53 Å². The van der Waals surface area contributed by atoms with Crippen LogP contribution in [0.2, 0.25) is 0 Å². The monoisotopic (exact) mass is 424 g/mol. The number of amides is 1. The Morgan fingerprint density at radius 2 is 1.71 bits per heavy atom. The quantitative estimate of drug-likeness (QED) is 0.724. The lowest BCUT2D eigenvalue weighted by Crippen LogP contribution is -2.47. The van der Waals surface area contributed by atoms with Crippen LogP contribution in [0.15, 0.2) is 24.3 Å². The summed E-state index contributed by atoms with van der Waals surface area (Å²) in [7, 11) is 5.55. The molecule has 31 heavy (non-hydrogen) atoms. The highest BCUT2D eigenvalue weighted by molar-refractivity contribution is 5.78. The van der Waals surface area contributed by atoms with E-state index in [0.29, 0.717) is 13.1 Å². The highest BCUT2D eigenvalue weighted by Crippen LogP contribution is 2.29. The van der Waals surface area contributed by atoms with Gasteiger partial charge in [-0.2, -0.15) is 4.98 Å². The molecule has 166 valence electrons. The number of carbonyl (C=O) groups is 1. The third-order valence-electron chi connectivity index (χ3n) is 6.03. The van der Waals surface area contributed by atoms with E-state index in [-0.39, 0.29) is 12.5 Å². The van der Waals surface area contributed by atoms with Gasteiger partial charge < -0.3 is 24.3 Å². The first-order valence-corrected chi connectivity index (χ1v) is 10.9. The van der Waals surface area contributed by atoms with Crippen LogP contribution in [-0.4, -0.2) is 81.3 Å². The van der Waals surface area contributed by atoms with Crippen LogP contribution in [0.25, 0.3) is 0 Å². The average molecular weight is 425 g/mol. The van der Waals surface area contributed by atoms with Crippen molar-refractivity contribution in [2.24, 2.45) is 0 Å². The van der Waals surface area contributed by atoms with Gasteiger partial charge >= 0.3 is 0 Å². The van der Waals surface area contributed by atoms with Crippen molar-refractivity contribution in [2.45, 2.75) is 19.9 Å². The first kappa shape index (κ1) is 21.4. The Labute approximate surface area is 184 Å². The van der Waals surface area contributed by atoms with Gasteiger partial charge in [0.1, 0.15) is 12.4 Å². The van der Waals surface area contributed by atoms with E-state index in [1.807, 2.05) is 23.9 Å². The minimum Gasteiger partial charge on any atom is -0.375 e. The molecule has 1 saturated heterocycles. The Balaban J connectivity index is 1.51. The van der Waals surface area contributed by atoms with Gasteiger partial charge in [-0.25, -0.2) is 4.98 Å². The normalized spacial score (nSPS) is 16.3. The van der Waals surface area contributed by atoms with E-state index in [1.54, 1.807) is 7.11 Å². The Morgan fingerprint density at radius 3 is 2.35 bits per heavy atom. The molecule has 2 aliphatic rings. The van der Waals surface area contributed by atoms with Crippen molar-refractivity contribution in [3.05, 3.63) is 41.1 Å². The maximum atomic E-state index is 12.3. The largest absolute Gasteiger partial charge is 0.375 e. The maximum absolute atomic E-state index is 12.3. The minimum absolute atomic E-state index is 0.00848. The number of hydrogen-bond acceptors (Lipinski definition) is 7. The molecular weight excluding hydrogens is 392 g/mol. The molecule has 2 aliphatic heterocycles. The molecule has 0 N–H and O–H groups in total. The van der Waals surface area contributed by atoms with Gasteiger partial charge in [0.05, 0.1) is 12.2 Å². The number of aromatic nitrogens is 2. The van der Waals surface area contributed by atoms with E-state index in [9.17, 15) is 4.79 Å². The fourth-order valence-corrected chi connectivity index (χ4v) is 4.24. The van der Waals surface area contributed by atoms with Crippen molar-refractivity contribution in [3.63, 3.8) is 0 Å². The fraction of sp³-hybridized carbons (Fsp3) is 0.522. The summed E-state index contributed by atoms with van der Waals surface area (Å²) in [5, 5.41) is 0. The molecule has 1 fully saturated rings. The predicted molar refractivity (Wildman–Crippen MR) is 123 cm³/mol. The number of anilines is 3. The number of nitrogens with zero attached hydrogens (tertiary/aromatic N) is 6. The Kier molecular flexibility index (Phi) is 6.27.